The first-order valence-electron chi connectivity index (χ1n) is 6.17. The standard InChI is InChI=1S/C12H17IO8/c1-5(14)18-4-8-10(19-6(2)15)11(20-7(3)16)9(13)12(17)21-8/h8-12,17H,4H2,1-3H3/t8-,9-,10-,11-,12+/m1/s1. The van der Waals surface area contributed by atoms with Crippen LogP contribution in [0.2, 0.25) is 0 Å². The number of alkyl halides is 1. The van der Waals surface area contributed by atoms with Crippen molar-refractivity contribution >= 4 is 40.5 Å². The average molecular weight is 416 g/mol. The molecule has 0 aliphatic carbocycles. The Balaban J connectivity index is 2.94. The Labute approximate surface area is 135 Å². The summed E-state index contributed by atoms with van der Waals surface area (Å²) in [7, 11) is 0. The van der Waals surface area contributed by atoms with Gasteiger partial charge in [0.1, 0.15) is 16.6 Å². The normalized spacial score (nSPS) is 32.1. The number of halogens is 1. The third-order valence-electron chi connectivity index (χ3n) is 2.65. The number of hydrogen-bond donors (Lipinski definition) is 1. The number of carbonyl (C=O) groups excluding carboxylic acids is 3. The monoisotopic (exact) mass is 416 g/mol. The van der Waals surface area contributed by atoms with E-state index in [1.165, 1.54) is 20.8 Å². The summed E-state index contributed by atoms with van der Waals surface area (Å²) in [6.07, 6.45) is -4.06. The van der Waals surface area contributed by atoms with E-state index in [9.17, 15) is 19.5 Å². The number of esters is 3. The maximum Gasteiger partial charge on any atom is 0.303 e. The van der Waals surface area contributed by atoms with Crippen LogP contribution in [0, 0.1) is 0 Å². The molecule has 0 spiro atoms. The van der Waals surface area contributed by atoms with Crippen molar-refractivity contribution in [3.05, 3.63) is 0 Å². The van der Waals surface area contributed by atoms with Gasteiger partial charge in [0.05, 0.1) is 0 Å². The van der Waals surface area contributed by atoms with E-state index in [0.29, 0.717) is 0 Å². The van der Waals surface area contributed by atoms with Crippen LogP contribution >= 0.6 is 22.6 Å². The zero-order chi connectivity index (χ0) is 16.2. The molecule has 1 heterocycles. The minimum atomic E-state index is -1.25. The van der Waals surface area contributed by atoms with Crippen LogP contribution in [-0.2, 0) is 33.3 Å². The van der Waals surface area contributed by atoms with Crippen molar-refractivity contribution < 1.29 is 38.4 Å². The summed E-state index contributed by atoms with van der Waals surface area (Å²) < 4.78 is 19.7. The number of carbonyl (C=O) groups is 3. The highest BCUT2D eigenvalue weighted by molar-refractivity contribution is 14.1. The van der Waals surface area contributed by atoms with Crippen molar-refractivity contribution in [3.63, 3.8) is 0 Å². The van der Waals surface area contributed by atoms with Crippen molar-refractivity contribution in [2.75, 3.05) is 6.61 Å². The number of aliphatic hydroxyl groups is 1. The predicted octanol–water partition coefficient (Wildman–Crippen LogP) is -0.0663. The van der Waals surface area contributed by atoms with Crippen LogP contribution in [0.5, 0.6) is 0 Å². The fraction of sp³-hybridized carbons (Fsp3) is 0.750. The molecule has 0 saturated carbocycles. The van der Waals surface area contributed by atoms with Gasteiger partial charge in [0, 0.05) is 20.8 Å². The van der Waals surface area contributed by atoms with E-state index < -0.39 is 46.4 Å². The second-order valence-corrected chi connectivity index (χ2v) is 5.90. The molecule has 0 unspecified atom stereocenters. The summed E-state index contributed by atoms with van der Waals surface area (Å²) in [4.78, 5) is 33.3. The first kappa shape index (κ1) is 18.1. The highest BCUT2D eigenvalue weighted by Crippen LogP contribution is 2.30. The summed E-state index contributed by atoms with van der Waals surface area (Å²) in [5.74, 6) is -1.73. The van der Waals surface area contributed by atoms with Gasteiger partial charge in [-0.05, 0) is 0 Å². The van der Waals surface area contributed by atoms with Gasteiger partial charge in [0.2, 0.25) is 0 Å². The molecule has 0 aromatic carbocycles. The largest absolute Gasteiger partial charge is 0.463 e. The van der Waals surface area contributed by atoms with Crippen molar-refractivity contribution in [3.8, 4) is 0 Å². The molecule has 9 heteroatoms. The van der Waals surface area contributed by atoms with Crippen LogP contribution in [0.25, 0.3) is 0 Å². The maximum atomic E-state index is 11.2. The first-order valence-corrected chi connectivity index (χ1v) is 7.42. The molecule has 1 fully saturated rings. The van der Waals surface area contributed by atoms with Crippen molar-refractivity contribution in [1.82, 2.24) is 0 Å². The lowest BCUT2D eigenvalue weighted by Crippen LogP contribution is -2.59. The lowest BCUT2D eigenvalue weighted by molar-refractivity contribution is -0.246. The first-order chi connectivity index (χ1) is 9.72. The van der Waals surface area contributed by atoms with E-state index in [-0.39, 0.29) is 6.61 Å². The number of ether oxygens (including phenoxy) is 4. The lowest BCUT2D eigenvalue weighted by atomic mass is 10.0. The molecule has 5 atom stereocenters. The fourth-order valence-corrected chi connectivity index (χ4v) is 2.60. The van der Waals surface area contributed by atoms with E-state index >= 15 is 0 Å². The Morgan fingerprint density at radius 3 is 2.05 bits per heavy atom. The summed E-state index contributed by atoms with van der Waals surface area (Å²) in [6.45, 7) is 3.38. The number of aliphatic hydroxyl groups excluding tert-OH is 1. The van der Waals surface area contributed by atoms with Crippen LogP contribution in [0.1, 0.15) is 20.8 Å². The van der Waals surface area contributed by atoms with Crippen LogP contribution < -0.4 is 0 Å². The topological polar surface area (TPSA) is 108 Å². The molecule has 0 radical (unpaired) electrons. The minimum Gasteiger partial charge on any atom is -0.463 e. The molecule has 8 nitrogen and oxygen atoms in total. The number of rotatable bonds is 4. The van der Waals surface area contributed by atoms with Gasteiger partial charge >= 0.3 is 17.9 Å². The molecule has 1 saturated heterocycles. The molecule has 1 N–H and O–H groups in total. The van der Waals surface area contributed by atoms with Gasteiger partial charge < -0.3 is 24.1 Å². The van der Waals surface area contributed by atoms with Gasteiger partial charge in [-0.1, -0.05) is 22.6 Å². The van der Waals surface area contributed by atoms with Crippen LogP contribution in [-0.4, -0.2) is 58.1 Å². The molecule has 21 heavy (non-hydrogen) atoms. The lowest BCUT2D eigenvalue weighted by Gasteiger charge is -2.41. The van der Waals surface area contributed by atoms with Gasteiger partial charge in [0.25, 0.3) is 0 Å². The van der Waals surface area contributed by atoms with E-state index in [1.54, 1.807) is 0 Å². The maximum absolute atomic E-state index is 11.2. The Hall–Kier alpha value is -0.940. The van der Waals surface area contributed by atoms with E-state index in [2.05, 4.69) is 0 Å². The minimum absolute atomic E-state index is 0.231. The smallest absolute Gasteiger partial charge is 0.303 e. The summed E-state index contributed by atoms with van der Waals surface area (Å²) in [5.41, 5.74) is 0. The summed E-state index contributed by atoms with van der Waals surface area (Å²) in [5, 5.41) is 9.85. The Bertz CT molecular complexity index is 412. The molecule has 1 rings (SSSR count). The molecule has 0 bridgehead atoms. The van der Waals surface area contributed by atoms with Gasteiger partial charge in [-0.25, -0.2) is 0 Å². The highest BCUT2D eigenvalue weighted by Gasteiger charge is 2.48. The zero-order valence-corrected chi connectivity index (χ0v) is 13.9. The molecule has 1 aliphatic heterocycles. The van der Waals surface area contributed by atoms with Crippen molar-refractivity contribution in [1.29, 1.82) is 0 Å². The van der Waals surface area contributed by atoms with Crippen molar-refractivity contribution in [2.24, 2.45) is 0 Å². The van der Waals surface area contributed by atoms with Gasteiger partial charge in [-0.15, -0.1) is 0 Å². The molecule has 1 aliphatic rings. The summed E-state index contributed by atoms with van der Waals surface area (Å²) in [6, 6.07) is 0. The second-order valence-electron chi connectivity index (χ2n) is 4.46. The molecule has 0 aromatic heterocycles. The predicted molar refractivity (Wildman–Crippen MR) is 76.4 cm³/mol. The molecule has 0 amide bonds. The van der Waals surface area contributed by atoms with Crippen LogP contribution in [0.3, 0.4) is 0 Å². The quantitative estimate of drug-likeness (QED) is 0.294. The van der Waals surface area contributed by atoms with Crippen LogP contribution in [0.4, 0.5) is 0 Å². The van der Waals surface area contributed by atoms with Crippen LogP contribution in [0.15, 0.2) is 0 Å². The Morgan fingerprint density at radius 2 is 1.57 bits per heavy atom. The molecular formula is C12H17IO8. The van der Waals surface area contributed by atoms with E-state index in [4.69, 9.17) is 18.9 Å². The third-order valence-corrected chi connectivity index (χ3v) is 3.97. The van der Waals surface area contributed by atoms with Gasteiger partial charge in [-0.2, -0.15) is 0 Å². The Kier molecular flexibility index (Phi) is 6.81. The third kappa shape index (κ3) is 5.40. The highest BCUT2D eigenvalue weighted by atomic mass is 127. The van der Waals surface area contributed by atoms with Crippen molar-refractivity contribution in [2.45, 2.75) is 49.3 Å². The zero-order valence-electron chi connectivity index (χ0n) is 11.8. The Morgan fingerprint density at radius 1 is 1.05 bits per heavy atom. The van der Waals surface area contributed by atoms with Gasteiger partial charge in [-0.3, -0.25) is 14.4 Å². The number of hydrogen-bond acceptors (Lipinski definition) is 8. The molecule has 120 valence electrons. The second kappa shape index (κ2) is 7.90. The average Bonchev–Trinajstić information content (AvgIpc) is 2.35. The molecule has 0 aromatic rings. The van der Waals surface area contributed by atoms with E-state index in [0.717, 1.165) is 0 Å². The van der Waals surface area contributed by atoms with E-state index in [1.807, 2.05) is 22.6 Å². The molecular weight excluding hydrogens is 399 g/mol. The SMILES string of the molecule is CC(=O)OC[C@H]1O[C@H](O)[C@H](I)[C@@H](OC(C)=O)[C@@H]1OC(C)=O. The fourth-order valence-electron chi connectivity index (χ4n) is 1.88. The summed E-state index contributed by atoms with van der Waals surface area (Å²) >= 11 is 1.84. The van der Waals surface area contributed by atoms with Gasteiger partial charge in [0.15, 0.2) is 18.5 Å².